The Morgan fingerprint density at radius 3 is 2.59 bits per heavy atom. The molecule has 2 aliphatic rings. The first-order valence-corrected chi connectivity index (χ1v) is 9.42. The third-order valence-corrected chi connectivity index (χ3v) is 7.29. The third-order valence-electron chi connectivity index (χ3n) is 5.87. The quantitative estimate of drug-likeness (QED) is 0.926. The second kappa shape index (κ2) is 4.82. The summed E-state index contributed by atoms with van der Waals surface area (Å²) in [6.07, 6.45) is 2.18. The first-order chi connectivity index (χ1) is 10.2. The van der Waals surface area contributed by atoms with E-state index in [0.29, 0.717) is 24.4 Å². The highest BCUT2D eigenvalue weighted by molar-refractivity contribution is 7.92. The molecule has 1 N–H and O–H groups in total. The molecule has 0 heterocycles. The van der Waals surface area contributed by atoms with Crippen LogP contribution in [0.15, 0.2) is 24.3 Å². The van der Waals surface area contributed by atoms with Gasteiger partial charge in [-0.25, -0.2) is 8.42 Å². The molecule has 2 saturated carbocycles. The lowest BCUT2D eigenvalue weighted by atomic mass is 9.70. The number of Topliss-reactive ketones (excluding diaryl/α,β-unsaturated/α-hetero) is 1. The molecule has 0 unspecified atom stereocenters. The molecule has 0 saturated heterocycles. The number of carbonyl (C=O) groups is 1. The van der Waals surface area contributed by atoms with Crippen LogP contribution in [0, 0.1) is 23.7 Å². The van der Waals surface area contributed by atoms with Crippen LogP contribution in [0.3, 0.4) is 0 Å². The molecule has 4 nitrogen and oxygen atoms in total. The van der Waals surface area contributed by atoms with Gasteiger partial charge in [0.15, 0.2) is 0 Å². The van der Waals surface area contributed by atoms with Gasteiger partial charge in [0.25, 0.3) is 0 Å². The summed E-state index contributed by atoms with van der Waals surface area (Å²) in [5, 5.41) is 0. The summed E-state index contributed by atoms with van der Waals surface area (Å²) in [4.78, 5) is 12.5. The lowest BCUT2D eigenvalue weighted by molar-refractivity contribution is -0.128. The van der Waals surface area contributed by atoms with Crippen LogP contribution in [0.1, 0.15) is 38.7 Å². The van der Waals surface area contributed by atoms with Crippen LogP contribution in [0.25, 0.3) is 0 Å². The number of hydrogen-bond donors (Lipinski definition) is 1. The van der Waals surface area contributed by atoms with Gasteiger partial charge in [-0.3, -0.25) is 9.52 Å². The Bertz CT molecular complexity index is 723. The van der Waals surface area contributed by atoms with Crippen molar-refractivity contribution in [3.63, 3.8) is 0 Å². The zero-order valence-electron chi connectivity index (χ0n) is 13.3. The highest BCUT2D eigenvalue weighted by Crippen LogP contribution is 2.64. The fraction of sp³-hybridized carbons (Fsp3) is 0.588. The predicted molar refractivity (Wildman–Crippen MR) is 87.2 cm³/mol. The molecule has 2 bridgehead atoms. The minimum Gasteiger partial charge on any atom is -0.299 e. The first-order valence-electron chi connectivity index (χ1n) is 7.77. The summed E-state index contributed by atoms with van der Waals surface area (Å²) in [5.41, 5.74) is 0.615. The van der Waals surface area contributed by atoms with Crippen molar-refractivity contribution in [2.24, 2.45) is 16.7 Å². The molecule has 2 fully saturated rings. The molecule has 1 aromatic rings. The molecule has 3 rings (SSSR count). The second-order valence-electron chi connectivity index (χ2n) is 7.40. The van der Waals surface area contributed by atoms with Crippen LogP contribution >= 0.6 is 0 Å². The van der Waals surface area contributed by atoms with E-state index >= 15 is 0 Å². The van der Waals surface area contributed by atoms with Gasteiger partial charge in [-0.15, -0.1) is 0 Å². The standard InChI is InChI=1S/C17H23NO3S/c1-12-5-4-6-14(9-12)18-22(20,21)11-17-8-7-13(10-15(17)19)16(17,2)3/h4-6,9,13,18H,7-8,10-11H2,1-3H3/t13-,17+/m0/s1. The summed E-state index contributed by atoms with van der Waals surface area (Å²) in [7, 11) is -3.55. The molecular formula is C17H23NO3S. The van der Waals surface area contributed by atoms with Gasteiger partial charge in [0.05, 0.1) is 11.2 Å². The SMILES string of the molecule is Cc1cccc(NS(=O)(=O)C[C@]23CC[C@@H](CC2=O)C3(C)C)c1. The van der Waals surface area contributed by atoms with E-state index in [9.17, 15) is 13.2 Å². The smallest absolute Gasteiger partial charge is 0.233 e. The average molecular weight is 321 g/mol. The molecular weight excluding hydrogens is 298 g/mol. The number of aryl methyl sites for hydroxylation is 1. The lowest BCUT2D eigenvalue weighted by Crippen LogP contribution is -2.43. The normalized spacial score (nSPS) is 29.8. The van der Waals surface area contributed by atoms with Gasteiger partial charge < -0.3 is 0 Å². The molecule has 2 aliphatic carbocycles. The Morgan fingerprint density at radius 1 is 1.32 bits per heavy atom. The second-order valence-corrected chi connectivity index (χ2v) is 9.12. The van der Waals surface area contributed by atoms with Crippen molar-refractivity contribution in [2.45, 2.75) is 40.0 Å². The van der Waals surface area contributed by atoms with Gasteiger partial charge in [0, 0.05) is 12.1 Å². The topological polar surface area (TPSA) is 63.2 Å². The highest BCUT2D eigenvalue weighted by atomic mass is 32.2. The maximum Gasteiger partial charge on any atom is 0.233 e. The van der Waals surface area contributed by atoms with Gasteiger partial charge in [-0.2, -0.15) is 0 Å². The Morgan fingerprint density at radius 2 is 2.05 bits per heavy atom. The summed E-state index contributed by atoms with van der Waals surface area (Å²) >= 11 is 0. The van der Waals surface area contributed by atoms with Gasteiger partial charge in [-0.1, -0.05) is 26.0 Å². The number of carbonyl (C=O) groups excluding carboxylic acids is 1. The van der Waals surface area contributed by atoms with E-state index in [1.165, 1.54) is 0 Å². The number of anilines is 1. The number of hydrogen-bond acceptors (Lipinski definition) is 3. The van der Waals surface area contributed by atoms with Gasteiger partial charge in [-0.05, 0) is 48.8 Å². The van der Waals surface area contributed by atoms with Crippen molar-refractivity contribution in [1.82, 2.24) is 0 Å². The van der Waals surface area contributed by atoms with Crippen molar-refractivity contribution in [3.05, 3.63) is 29.8 Å². The molecule has 0 aliphatic heterocycles. The number of nitrogens with one attached hydrogen (secondary N) is 1. The van der Waals surface area contributed by atoms with Gasteiger partial charge >= 0.3 is 0 Å². The molecule has 0 aromatic heterocycles. The maximum atomic E-state index is 12.6. The number of fused-ring (bicyclic) bond motifs is 2. The molecule has 2 atom stereocenters. The van der Waals surface area contributed by atoms with Gasteiger partial charge in [0.1, 0.15) is 5.78 Å². The number of benzene rings is 1. The van der Waals surface area contributed by atoms with Crippen molar-refractivity contribution in [1.29, 1.82) is 0 Å². The number of sulfonamides is 1. The minimum atomic E-state index is -3.55. The van der Waals surface area contributed by atoms with E-state index in [1.807, 2.05) is 19.1 Å². The van der Waals surface area contributed by atoms with E-state index in [0.717, 1.165) is 12.0 Å². The molecule has 0 amide bonds. The molecule has 0 spiro atoms. The Kier molecular flexibility index (Phi) is 3.40. The van der Waals surface area contributed by atoms with Crippen molar-refractivity contribution >= 4 is 21.5 Å². The summed E-state index contributed by atoms with van der Waals surface area (Å²) in [6.45, 7) is 6.02. The van der Waals surface area contributed by atoms with Gasteiger partial charge in [0.2, 0.25) is 10.0 Å². The third kappa shape index (κ3) is 2.26. The van der Waals surface area contributed by atoms with Crippen LogP contribution in [0.2, 0.25) is 0 Å². The van der Waals surface area contributed by atoms with Crippen LogP contribution in [-0.4, -0.2) is 20.0 Å². The van der Waals surface area contributed by atoms with E-state index in [-0.39, 0.29) is 17.0 Å². The Hall–Kier alpha value is -1.36. The van der Waals surface area contributed by atoms with Crippen molar-refractivity contribution in [3.8, 4) is 0 Å². The number of rotatable bonds is 4. The van der Waals surface area contributed by atoms with E-state index in [4.69, 9.17) is 0 Å². The minimum absolute atomic E-state index is 0.101. The zero-order chi connectivity index (χ0) is 16.2. The summed E-state index contributed by atoms with van der Waals surface area (Å²) < 4.78 is 27.9. The van der Waals surface area contributed by atoms with Crippen LogP contribution < -0.4 is 4.72 Å². The van der Waals surface area contributed by atoms with Crippen molar-refractivity contribution < 1.29 is 13.2 Å². The predicted octanol–water partition coefficient (Wildman–Crippen LogP) is 3.13. The molecule has 1 aromatic carbocycles. The molecule has 22 heavy (non-hydrogen) atoms. The van der Waals surface area contributed by atoms with Crippen LogP contribution in [0.5, 0.6) is 0 Å². The first kappa shape index (κ1) is 15.5. The molecule has 0 radical (unpaired) electrons. The largest absolute Gasteiger partial charge is 0.299 e. The zero-order valence-corrected chi connectivity index (χ0v) is 14.2. The fourth-order valence-electron chi connectivity index (χ4n) is 4.36. The van der Waals surface area contributed by atoms with E-state index in [2.05, 4.69) is 18.6 Å². The summed E-state index contributed by atoms with van der Waals surface area (Å²) in [5.74, 6) is 0.355. The maximum absolute atomic E-state index is 12.6. The van der Waals surface area contributed by atoms with Crippen LogP contribution in [-0.2, 0) is 14.8 Å². The average Bonchev–Trinajstić information content (AvgIpc) is 2.71. The Balaban J connectivity index is 1.87. The fourth-order valence-corrected chi connectivity index (χ4v) is 6.24. The van der Waals surface area contributed by atoms with E-state index < -0.39 is 15.4 Å². The van der Waals surface area contributed by atoms with E-state index in [1.54, 1.807) is 12.1 Å². The highest BCUT2D eigenvalue weighted by Gasteiger charge is 2.65. The lowest BCUT2D eigenvalue weighted by Gasteiger charge is -2.36. The van der Waals surface area contributed by atoms with Crippen molar-refractivity contribution in [2.75, 3.05) is 10.5 Å². The molecule has 120 valence electrons. The van der Waals surface area contributed by atoms with Crippen LogP contribution in [0.4, 0.5) is 5.69 Å². The Labute approximate surface area is 132 Å². The monoisotopic (exact) mass is 321 g/mol. The summed E-state index contributed by atoms with van der Waals surface area (Å²) in [6, 6.07) is 7.28. The number of ketones is 1. The molecule has 5 heteroatoms.